The first-order chi connectivity index (χ1) is 12.7. The Balaban J connectivity index is 1.48. The number of para-hydroxylation sites is 1. The number of hydrogen-bond donors (Lipinski definition) is 1. The van der Waals surface area contributed by atoms with Gasteiger partial charge in [-0.15, -0.1) is 0 Å². The van der Waals surface area contributed by atoms with Gasteiger partial charge in [-0.25, -0.2) is 14.8 Å². The van der Waals surface area contributed by atoms with Gasteiger partial charge in [0.1, 0.15) is 0 Å². The molecule has 1 fully saturated rings. The van der Waals surface area contributed by atoms with Crippen LogP contribution >= 0.6 is 11.8 Å². The molecule has 4 rings (SSSR count). The molecule has 0 unspecified atom stereocenters. The molecule has 7 heteroatoms. The van der Waals surface area contributed by atoms with Crippen LogP contribution in [-0.4, -0.2) is 24.8 Å². The average Bonchev–Trinajstić information content (AvgIpc) is 3.16. The van der Waals surface area contributed by atoms with E-state index in [2.05, 4.69) is 15.0 Å². The molecule has 0 spiro atoms. The second-order valence-corrected chi connectivity index (χ2v) is 7.85. The van der Waals surface area contributed by atoms with E-state index in [1.807, 2.05) is 0 Å². The molecule has 1 N–H and O–H groups in total. The topological polar surface area (TPSA) is 80.6 Å². The predicted octanol–water partition coefficient (Wildman–Crippen LogP) is 2.76. The minimum Gasteiger partial charge on any atom is -0.307 e. The van der Waals surface area contributed by atoms with Gasteiger partial charge in [0.2, 0.25) is 0 Å². The zero-order valence-corrected chi connectivity index (χ0v) is 15.2. The summed E-state index contributed by atoms with van der Waals surface area (Å²) < 4.78 is 1.24. The smallest absolute Gasteiger partial charge is 0.307 e. The van der Waals surface area contributed by atoms with Gasteiger partial charge in [0.25, 0.3) is 5.56 Å². The van der Waals surface area contributed by atoms with Gasteiger partial charge >= 0.3 is 5.69 Å². The largest absolute Gasteiger partial charge is 0.328 e. The third-order valence-corrected chi connectivity index (χ3v) is 6.00. The molecule has 0 radical (unpaired) electrons. The molecule has 1 aromatic carbocycles. The summed E-state index contributed by atoms with van der Waals surface area (Å²) in [7, 11) is 0. The SMILES string of the molecule is O=c1[nH]c2ccccc2c(=O)n1CCc1cnc(SC2CCCC2)nc1. The van der Waals surface area contributed by atoms with Crippen LogP contribution in [0.4, 0.5) is 0 Å². The molecule has 0 saturated heterocycles. The van der Waals surface area contributed by atoms with Gasteiger partial charge in [0.15, 0.2) is 5.16 Å². The van der Waals surface area contributed by atoms with Crippen molar-refractivity contribution in [2.45, 2.75) is 49.1 Å². The first-order valence-electron chi connectivity index (χ1n) is 8.90. The number of fused-ring (bicyclic) bond motifs is 1. The Morgan fingerprint density at radius 3 is 2.62 bits per heavy atom. The maximum atomic E-state index is 12.5. The zero-order valence-electron chi connectivity index (χ0n) is 14.4. The lowest BCUT2D eigenvalue weighted by atomic mass is 10.2. The number of aromatic nitrogens is 4. The molecule has 1 aliphatic carbocycles. The van der Waals surface area contributed by atoms with Crippen molar-refractivity contribution >= 4 is 22.7 Å². The van der Waals surface area contributed by atoms with E-state index in [0.717, 1.165) is 10.7 Å². The van der Waals surface area contributed by atoms with Gasteiger partial charge in [-0.3, -0.25) is 9.36 Å². The van der Waals surface area contributed by atoms with Crippen LogP contribution in [0.5, 0.6) is 0 Å². The first-order valence-corrected chi connectivity index (χ1v) is 9.78. The Labute approximate surface area is 154 Å². The monoisotopic (exact) mass is 368 g/mol. The molecule has 0 atom stereocenters. The van der Waals surface area contributed by atoms with Crippen molar-refractivity contribution in [2.24, 2.45) is 0 Å². The van der Waals surface area contributed by atoms with Gasteiger partial charge in [-0.05, 0) is 37.0 Å². The molecule has 0 bridgehead atoms. The highest BCUT2D eigenvalue weighted by Gasteiger charge is 2.17. The van der Waals surface area contributed by atoms with Crippen LogP contribution in [0.1, 0.15) is 31.2 Å². The molecule has 0 amide bonds. The number of H-pyrrole nitrogens is 1. The van der Waals surface area contributed by atoms with E-state index in [1.165, 1.54) is 30.3 Å². The molecular formula is C19H20N4O2S. The zero-order chi connectivity index (χ0) is 17.9. The summed E-state index contributed by atoms with van der Waals surface area (Å²) in [5.41, 5.74) is 0.831. The molecule has 6 nitrogen and oxygen atoms in total. The van der Waals surface area contributed by atoms with Crippen molar-refractivity contribution < 1.29 is 0 Å². The van der Waals surface area contributed by atoms with Crippen molar-refractivity contribution in [3.8, 4) is 0 Å². The standard InChI is InChI=1S/C19H20N4O2S/c24-17-15-7-3-4-8-16(15)22-19(25)23(17)10-9-13-11-20-18(21-12-13)26-14-5-1-2-6-14/h3-4,7-8,11-12,14H,1-2,5-6,9-10H2,(H,22,25). The minimum absolute atomic E-state index is 0.265. The number of rotatable bonds is 5. The fourth-order valence-electron chi connectivity index (χ4n) is 3.33. The molecule has 3 aromatic rings. The fourth-order valence-corrected chi connectivity index (χ4v) is 4.43. The van der Waals surface area contributed by atoms with E-state index in [-0.39, 0.29) is 11.2 Å². The normalized spacial score (nSPS) is 14.9. The summed E-state index contributed by atoms with van der Waals surface area (Å²) in [5, 5.41) is 1.96. The Bertz CT molecular complexity index is 1020. The summed E-state index contributed by atoms with van der Waals surface area (Å²) in [6, 6.07) is 7.05. The highest BCUT2D eigenvalue weighted by molar-refractivity contribution is 7.99. The Morgan fingerprint density at radius 1 is 1.12 bits per heavy atom. The van der Waals surface area contributed by atoms with Gasteiger partial charge in [0, 0.05) is 24.2 Å². The highest BCUT2D eigenvalue weighted by atomic mass is 32.2. The van der Waals surface area contributed by atoms with Crippen LogP contribution in [0.15, 0.2) is 51.4 Å². The number of nitrogens with zero attached hydrogens (tertiary/aromatic N) is 3. The summed E-state index contributed by atoms with van der Waals surface area (Å²) in [6.07, 6.45) is 9.20. The van der Waals surface area contributed by atoms with Crippen molar-refractivity contribution in [2.75, 3.05) is 0 Å². The van der Waals surface area contributed by atoms with Crippen LogP contribution in [0.3, 0.4) is 0 Å². The maximum absolute atomic E-state index is 12.5. The average molecular weight is 368 g/mol. The molecule has 2 heterocycles. The fraction of sp³-hybridized carbons (Fsp3) is 0.368. The lowest BCUT2D eigenvalue weighted by molar-refractivity contribution is 0.632. The molecule has 26 heavy (non-hydrogen) atoms. The Morgan fingerprint density at radius 2 is 1.85 bits per heavy atom. The van der Waals surface area contributed by atoms with Crippen LogP contribution < -0.4 is 11.2 Å². The minimum atomic E-state index is -0.386. The van der Waals surface area contributed by atoms with Crippen molar-refractivity contribution in [1.82, 2.24) is 19.5 Å². The number of nitrogens with one attached hydrogen (secondary N) is 1. The van der Waals surface area contributed by atoms with Gasteiger partial charge in [-0.1, -0.05) is 36.7 Å². The van der Waals surface area contributed by atoms with Gasteiger partial charge in [-0.2, -0.15) is 0 Å². The molecule has 1 saturated carbocycles. The van der Waals surface area contributed by atoms with Crippen LogP contribution in [0, 0.1) is 0 Å². The van der Waals surface area contributed by atoms with E-state index in [0.29, 0.717) is 29.1 Å². The van der Waals surface area contributed by atoms with Crippen LogP contribution in [0.2, 0.25) is 0 Å². The molecule has 134 valence electrons. The van der Waals surface area contributed by atoms with E-state index < -0.39 is 0 Å². The van der Waals surface area contributed by atoms with Crippen LogP contribution in [-0.2, 0) is 13.0 Å². The highest BCUT2D eigenvalue weighted by Crippen LogP contribution is 2.32. The molecule has 0 aliphatic heterocycles. The Kier molecular flexibility index (Phi) is 4.88. The molecule has 1 aliphatic rings. The van der Waals surface area contributed by atoms with E-state index in [4.69, 9.17) is 0 Å². The number of aromatic amines is 1. The van der Waals surface area contributed by atoms with Crippen molar-refractivity contribution in [1.29, 1.82) is 0 Å². The predicted molar refractivity (Wildman–Crippen MR) is 103 cm³/mol. The van der Waals surface area contributed by atoms with Crippen molar-refractivity contribution in [3.05, 3.63) is 63.1 Å². The van der Waals surface area contributed by atoms with E-state index in [9.17, 15) is 9.59 Å². The van der Waals surface area contributed by atoms with E-state index in [1.54, 1.807) is 48.4 Å². The van der Waals surface area contributed by atoms with Crippen LogP contribution in [0.25, 0.3) is 10.9 Å². The van der Waals surface area contributed by atoms with Gasteiger partial charge < -0.3 is 4.98 Å². The second-order valence-electron chi connectivity index (χ2n) is 6.58. The number of benzene rings is 1. The summed E-state index contributed by atoms with van der Waals surface area (Å²) in [5.74, 6) is 0. The molecular weight excluding hydrogens is 348 g/mol. The Hall–Kier alpha value is -2.41. The number of thioether (sulfide) groups is 1. The summed E-state index contributed by atoms with van der Waals surface area (Å²) in [6.45, 7) is 0.303. The summed E-state index contributed by atoms with van der Waals surface area (Å²) in [4.78, 5) is 36.3. The third kappa shape index (κ3) is 3.58. The lowest BCUT2D eigenvalue weighted by Gasteiger charge is -2.08. The lowest BCUT2D eigenvalue weighted by Crippen LogP contribution is -2.35. The van der Waals surface area contributed by atoms with E-state index >= 15 is 0 Å². The summed E-state index contributed by atoms with van der Waals surface area (Å²) >= 11 is 1.75. The first kappa shape index (κ1) is 17.0. The quantitative estimate of drug-likeness (QED) is 0.701. The van der Waals surface area contributed by atoms with Gasteiger partial charge in [0.05, 0.1) is 10.9 Å². The van der Waals surface area contributed by atoms with Crippen molar-refractivity contribution in [3.63, 3.8) is 0 Å². The third-order valence-electron chi connectivity index (χ3n) is 4.77. The number of hydrogen-bond acceptors (Lipinski definition) is 5. The number of aryl methyl sites for hydroxylation is 1. The molecule has 2 aromatic heterocycles. The maximum Gasteiger partial charge on any atom is 0.328 e. The second kappa shape index (κ2) is 7.45.